The Kier molecular flexibility index (Phi) is 6.33. The summed E-state index contributed by atoms with van der Waals surface area (Å²) in [6, 6.07) is 8.80. The van der Waals surface area contributed by atoms with Gasteiger partial charge in [-0.05, 0) is 30.3 Å². The summed E-state index contributed by atoms with van der Waals surface area (Å²) in [6.45, 7) is 3.34. The average molecular weight is 443 g/mol. The van der Waals surface area contributed by atoms with Gasteiger partial charge in [-0.25, -0.2) is 9.97 Å². The van der Waals surface area contributed by atoms with Crippen LogP contribution in [-0.4, -0.2) is 26.8 Å². The first-order chi connectivity index (χ1) is 15.2. The third-order valence-electron chi connectivity index (χ3n) is 4.00. The van der Waals surface area contributed by atoms with Crippen molar-refractivity contribution in [2.75, 3.05) is 16.0 Å². The molecule has 2 aromatic heterocycles. The van der Waals surface area contributed by atoms with Gasteiger partial charge in [0.2, 0.25) is 17.8 Å². The number of alkyl halides is 3. The number of carbonyl (C=O) groups is 2. The highest BCUT2D eigenvalue weighted by atomic mass is 19.4. The summed E-state index contributed by atoms with van der Waals surface area (Å²) in [7, 11) is 0. The Bertz CT molecular complexity index is 1180. The van der Waals surface area contributed by atoms with Gasteiger partial charge in [-0.3, -0.25) is 9.59 Å². The van der Waals surface area contributed by atoms with Gasteiger partial charge in [-0.15, -0.1) is 0 Å². The van der Waals surface area contributed by atoms with E-state index in [4.69, 9.17) is 5.73 Å². The zero-order valence-electron chi connectivity index (χ0n) is 16.3. The van der Waals surface area contributed by atoms with Gasteiger partial charge < -0.3 is 21.7 Å². The molecule has 0 saturated carbocycles. The van der Waals surface area contributed by atoms with Crippen molar-refractivity contribution >= 4 is 40.8 Å². The van der Waals surface area contributed by atoms with E-state index in [1.807, 2.05) is 0 Å². The molecule has 0 atom stereocenters. The molecule has 9 nitrogen and oxygen atoms in total. The molecule has 0 fully saturated rings. The first-order valence-electron chi connectivity index (χ1n) is 8.94. The third-order valence-corrected chi connectivity index (χ3v) is 4.00. The fraction of sp³-hybridized carbons (Fsp3) is 0.0500. The summed E-state index contributed by atoms with van der Waals surface area (Å²) in [4.78, 5) is 34.5. The maximum Gasteiger partial charge on any atom is 0.421 e. The minimum atomic E-state index is -4.76. The number of carbonyl (C=O) groups excluding carboxylic acids is 2. The Morgan fingerprint density at radius 2 is 1.78 bits per heavy atom. The maximum absolute atomic E-state index is 13.5. The molecule has 12 heteroatoms. The number of nitrogens with one attached hydrogen (secondary N) is 3. The molecule has 0 bridgehead atoms. The van der Waals surface area contributed by atoms with E-state index >= 15 is 0 Å². The van der Waals surface area contributed by atoms with Gasteiger partial charge in [-0.1, -0.05) is 18.7 Å². The first-order valence-corrected chi connectivity index (χ1v) is 8.94. The predicted molar refractivity (Wildman–Crippen MR) is 112 cm³/mol. The lowest BCUT2D eigenvalue weighted by molar-refractivity contribution is -0.137. The number of anilines is 5. The molecule has 5 N–H and O–H groups in total. The normalized spacial score (nSPS) is 10.8. The average Bonchev–Trinajstić information content (AvgIpc) is 2.74. The maximum atomic E-state index is 13.5. The number of nitrogens with two attached hydrogens (primary N) is 1. The smallest absolute Gasteiger partial charge is 0.366 e. The van der Waals surface area contributed by atoms with E-state index in [0.29, 0.717) is 6.20 Å². The Morgan fingerprint density at radius 3 is 2.44 bits per heavy atom. The van der Waals surface area contributed by atoms with Crippen molar-refractivity contribution in [3.8, 4) is 0 Å². The molecular weight excluding hydrogens is 427 g/mol. The van der Waals surface area contributed by atoms with Crippen molar-refractivity contribution in [2.45, 2.75) is 6.18 Å². The van der Waals surface area contributed by atoms with Crippen molar-refractivity contribution in [1.29, 1.82) is 0 Å². The van der Waals surface area contributed by atoms with E-state index in [1.165, 1.54) is 30.5 Å². The largest absolute Gasteiger partial charge is 0.421 e. The van der Waals surface area contributed by atoms with Crippen LogP contribution in [0.25, 0.3) is 0 Å². The van der Waals surface area contributed by atoms with Gasteiger partial charge in [0.25, 0.3) is 0 Å². The molecule has 1 aromatic carbocycles. The molecule has 0 aliphatic heterocycles. The molecule has 0 unspecified atom stereocenters. The van der Waals surface area contributed by atoms with E-state index in [-0.39, 0.29) is 28.7 Å². The summed E-state index contributed by atoms with van der Waals surface area (Å²) in [5, 5.41) is 7.70. The van der Waals surface area contributed by atoms with Crippen molar-refractivity contribution in [3.05, 3.63) is 72.6 Å². The van der Waals surface area contributed by atoms with E-state index in [2.05, 4.69) is 37.5 Å². The summed E-state index contributed by atoms with van der Waals surface area (Å²) in [5.74, 6) is -1.93. The summed E-state index contributed by atoms with van der Waals surface area (Å²) < 4.78 is 40.6. The highest BCUT2D eigenvalue weighted by molar-refractivity contribution is 6.01. The molecule has 164 valence electrons. The summed E-state index contributed by atoms with van der Waals surface area (Å²) in [5.41, 5.74) is 4.60. The molecule has 2 heterocycles. The number of primary amides is 1. The lowest BCUT2D eigenvalue weighted by atomic mass is 10.2. The lowest BCUT2D eigenvalue weighted by Gasteiger charge is -2.17. The van der Waals surface area contributed by atoms with Crippen LogP contribution >= 0.6 is 0 Å². The van der Waals surface area contributed by atoms with E-state index in [0.717, 1.165) is 6.08 Å². The second-order valence-electron chi connectivity index (χ2n) is 6.24. The zero-order chi connectivity index (χ0) is 23.3. The van der Waals surface area contributed by atoms with Crippen molar-refractivity contribution in [2.24, 2.45) is 5.73 Å². The first kappa shape index (κ1) is 22.2. The molecule has 3 aromatic rings. The minimum absolute atomic E-state index is 0.102. The van der Waals surface area contributed by atoms with E-state index in [9.17, 15) is 22.8 Å². The van der Waals surface area contributed by atoms with Crippen LogP contribution in [0.5, 0.6) is 0 Å². The van der Waals surface area contributed by atoms with Crippen molar-refractivity contribution in [3.63, 3.8) is 0 Å². The topological polar surface area (TPSA) is 135 Å². The highest BCUT2D eigenvalue weighted by Crippen LogP contribution is 2.36. The number of hydrogen-bond donors (Lipinski definition) is 4. The monoisotopic (exact) mass is 443 g/mol. The van der Waals surface area contributed by atoms with Gasteiger partial charge in [0.15, 0.2) is 0 Å². The number of rotatable bonds is 7. The van der Waals surface area contributed by atoms with Gasteiger partial charge in [0.1, 0.15) is 17.2 Å². The predicted octanol–water partition coefficient (Wildman–Crippen LogP) is 3.60. The molecule has 32 heavy (non-hydrogen) atoms. The number of pyridine rings is 1. The lowest BCUT2D eigenvalue weighted by Crippen LogP contribution is -2.14. The second kappa shape index (κ2) is 9.12. The Morgan fingerprint density at radius 1 is 1.06 bits per heavy atom. The number of halogens is 3. The van der Waals surface area contributed by atoms with Crippen LogP contribution in [0.4, 0.5) is 42.1 Å². The fourth-order valence-corrected chi connectivity index (χ4v) is 2.52. The third kappa shape index (κ3) is 5.36. The highest BCUT2D eigenvalue weighted by Gasteiger charge is 2.35. The van der Waals surface area contributed by atoms with Gasteiger partial charge in [0.05, 0.1) is 11.4 Å². The van der Waals surface area contributed by atoms with Crippen LogP contribution in [0.1, 0.15) is 15.9 Å². The van der Waals surface area contributed by atoms with Crippen LogP contribution in [0.15, 0.2) is 61.4 Å². The van der Waals surface area contributed by atoms with E-state index in [1.54, 1.807) is 12.1 Å². The SMILES string of the molecule is C=CC(=O)Nc1ccccc1Nc1nc(Nc2cc(C(N)=O)ccn2)ncc1C(F)(F)F. The molecule has 0 spiro atoms. The molecular formula is C20H16F3N7O2. The fourth-order valence-electron chi connectivity index (χ4n) is 2.52. The number of para-hydroxylation sites is 2. The van der Waals surface area contributed by atoms with Crippen LogP contribution in [0.2, 0.25) is 0 Å². The number of amides is 2. The molecule has 0 aliphatic carbocycles. The molecule has 0 saturated heterocycles. The standard InChI is InChI=1S/C20H16F3N7O2/c1-2-16(31)27-13-5-3-4-6-14(13)28-18-12(20(21,22)23)10-26-19(30-18)29-15-9-11(17(24)32)7-8-25-15/h2-10H,1H2,(H2,24,32)(H,27,31)(H2,25,26,28,29,30). The van der Waals surface area contributed by atoms with Crippen molar-refractivity contribution < 1.29 is 22.8 Å². The summed E-state index contributed by atoms with van der Waals surface area (Å²) >= 11 is 0. The Balaban J connectivity index is 1.98. The number of aromatic nitrogens is 3. The quantitative estimate of drug-likeness (QED) is 0.410. The van der Waals surface area contributed by atoms with Gasteiger partial charge in [-0.2, -0.15) is 18.2 Å². The van der Waals surface area contributed by atoms with Gasteiger partial charge in [0, 0.05) is 18.0 Å². The molecule has 3 rings (SSSR count). The number of nitrogens with zero attached hydrogens (tertiary/aromatic N) is 3. The Hall–Kier alpha value is -4.48. The van der Waals surface area contributed by atoms with Crippen LogP contribution in [0, 0.1) is 0 Å². The van der Waals surface area contributed by atoms with Gasteiger partial charge >= 0.3 is 6.18 Å². The Labute approximate surface area is 179 Å². The molecule has 0 radical (unpaired) electrons. The molecule has 0 aliphatic rings. The number of hydrogen-bond acceptors (Lipinski definition) is 7. The summed E-state index contributed by atoms with van der Waals surface area (Å²) in [6.07, 6.45) is -1.84. The zero-order valence-corrected chi connectivity index (χ0v) is 16.3. The van der Waals surface area contributed by atoms with Crippen molar-refractivity contribution in [1.82, 2.24) is 15.0 Å². The van der Waals surface area contributed by atoms with Crippen LogP contribution in [-0.2, 0) is 11.0 Å². The van der Waals surface area contributed by atoms with Crippen LogP contribution < -0.4 is 21.7 Å². The molecule has 2 amide bonds. The second-order valence-corrected chi connectivity index (χ2v) is 6.24. The minimum Gasteiger partial charge on any atom is -0.366 e. The van der Waals surface area contributed by atoms with Crippen LogP contribution in [0.3, 0.4) is 0 Å². The van der Waals surface area contributed by atoms with E-state index < -0.39 is 29.4 Å². The number of benzene rings is 1.